The molecule has 0 spiro atoms. The Morgan fingerprint density at radius 3 is 1.56 bits per heavy atom. The van der Waals surface area contributed by atoms with Crippen molar-refractivity contribution in [1.82, 2.24) is 5.32 Å². The third-order valence-corrected chi connectivity index (χ3v) is 7.49. The van der Waals surface area contributed by atoms with Crippen LogP contribution in [0.4, 0.5) is 0 Å². The monoisotopic (exact) mass is 533 g/mol. The van der Waals surface area contributed by atoms with Crippen LogP contribution in [0.15, 0.2) is 179 Å². The van der Waals surface area contributed by atoms with Crippen LogP contribution < -0.4 is 5.32 Å². The van der Waals surface area contributed by atoms with Crippen LogP contribution in [0.3, 0.4) is 0 Å². The molecule has 5 aromatic rings. The largest absolute Gasteiger partial charge is 0.467 e. The fourth-order valence-electron chi connectivity index (χ4n) is 5.58. The molecule has 0 bridgehead atoms. The van der Waals surface area contributed by atoms with Crippen molar-refractivity contribution in [2.75, 3.05) is 0 Å². The summed E-state index contributed by atoms with van der Waals surface area (Å²) in [5.41, 5.74) is 6.79. The van der Waals surface area contributed by atoms with Gasteiger partial charge in [-0.25, -0.2) is 0 Å². The Balaban J connectivity index is 1.49. The number of Topliss-reactive ketones (excluding diaryl/α,β-unsaturated/α-hetero) is 1. The standard InChI is InChI=1S/C38H31NO2/c40-38(36(30-19-9-3-10-20-30)31-21-11-4-12-22-31)34-25-13-24-33(34)37(39-27-32-23-14-26-41-32)35(28-15-5-1-6-16-28)29-17-7-2-8-18-29/h1-26,35-36,39H,27H2/b37-33-. The molecule has 0 atom stereocenters. The molecular formula is C38H31NO2. The summed E-state index contributed by atoms with van der Waals surface area (Å²) in [5, 5.41) is 3.71. The maximum absolute atomic E-state index is 14.6. The molecule has 6 rings (SSSR count). The van der Waals surface area contributed by atoms with E-state index in [9.17, 15) is 4.79 Å². The molecule has 0 unspecified atom stereocenters. The highest BCUT2D eigenvalue weighted by Crippen LogP contribution is 2.39. The first kappa shape index (κ1) is 26.1. The van der Waals surface area contributed by atoms with Crippen molar-refractivity contribution in [3.63, 3.8) is 0 Å². The Kier molecular flexibility index (Phi) is 7.86. The number of carbonyl (C=O) groups is 1. The molecule has 0 saturated carbocycles. The second-order valence-electron chi connectivity index (χ2n) is 10.1. The second-order valence-corrected chi connectivity index (χ2v) is 10.1. The van der Waals surface area contributed by atoms with Crippen LogP contribution in [-0.4, -0.2) is 5.78 Å². The fraction of sp³-hybridized carbons (Fsp3) is 0.0789. The van der Waals surface area contributed by atoms with Crippen LogP contribution in [0.2, 0.25) is 0 Å². The average Bonchev–Trinajstić information content (AvgIpc) is 3.74. The van der Waals surface area contributed by atoms with Crippen molar-refractivity contribution < 1.29 is 9.21 Å². The first-order valence-electron chi connectivity index (χ1n) is 13.9. The molecule has 3 heteroatoms. The first-order valence-corrected chi connectivity index (χ1v) is 13.9. The quantitative estimate of drug-likeness (QED) is 0.196. The number of carbonyl (C=O) groups excluding carboxylic acids is 1. The van der Waals surface area contributed by atoms with Gasteiger partial charge in [0.15, 0.2) is 5.78 Å². The van der Waals surface area contributed by atoms with Gasteiger partial charge in [0.2, 0.25) is 0 Å². The predicted molar refractivity (Wildman–Crippen MR) is 164 cm³/mol. The van der Waals surface area contributed by atoms with E-state index in [0.717, 1.165) is 39.3 Å². The number of furan rings is 1. The Morgan fingerprint density at radius 2 is 1.10 bits per heavy atom. The smallest absolute Gasteiger partial charge is 0.175 e. The van der Waals surface area contributed by atoms with Gasteiger partial charge in [-0.05, 0) is 34.4 Å². The van der Waals surface area contributed by atoms with Gasteiger partial charge in [-0.1, -0.05) is 140 Å². The number of nitrogens with one attached hydrogen (secondary N) is 1. The minimum atomic E-state index is -0.420. The lowest BCUT2D eigenvalue weighted by Gasteiger charge is -2.26. The molecule has 1 N–H and O–H groups in total. The third-order valence-electron chi connectivity index (χ3n) is 7.49. The molecule has 3 nitrogen and oxygen atoms in total. The highest BCUT2D eigenvalue weighted by molar-refractivity contribution is 6.07. The predicted octanol–water partition coefficient (Wildman–Crippen LogP) is 8.35. The SMILES string of the molecule is O=C(C1=CC=C/C1=C(/NCc1ccco1)C(c1ccccc1)c1ccccc1)C(c1ccccc1)c1ccccc1. The average molecular weight is 534 g/mol. The number of hydrogen-bond donors (Lipinski definition) is 1. The van der Waals surface area contributed by atoms with E-state index in [1.807, 2.05) is 97.1 Å². The number of hydrogen-bond acceptors (Lipinski definition) is 3. The van der Waals surface area contributed by atoms with Gasteiger partial charge in [-0.15, -0.1) is 0 Å². The van der Waals surface area contributed by atoms with Crippen molar-refractivity contribution in [2.45, 2.75) is 18.4 Å². The van der Waals surface area contributed by atoms with E-state index >= 15 is 0 Å². The molecule has 1 aliphatic rings. The zero-order valence-electron chi connectivity index (χ0n) is 22.7. The summed E-state index contributed by atoms with van der Waals surface area (Å²) in [6, 6.07) is 44.8. The zero-order valence-corrected chi connectivity index (χ0v) is 22.7. The lowest BCUT2D eigenvalue weighted by Crippen LogP contribution is -2.24. The molecule has 4 aromatic carbocycles. The Hall–Kier alpha value is -5.15. The van der Waals surface area contributed by atoms with Crippen LogP contribution in [0.1, 0.15) is 39.8 Å². The molecule has 0 radical (unpaired) electrons. The fourth-order valence-corrected chi connectivity index (χ4v) is 5.58. The third kappa shape index (κ3) is 5.75. The topological polar surface area (TPSA) is 42.2 Å². The minimum absolute atomic E-state index is 0.0690. The van der Waals surface area contributed by atoms with Crippen LogP contribution in [-0.2, 0) is 11.3 Å². The molecule has 0 saturated heterocycles. The summed E-state index contributed by atoms with van der Waals surface area (Å²) < 4.78 is 5.68. The van der Waals surface area contributed by atoms with Gasteiger partial charge in [0.25, 0.3) is 0 Å². The van der Waals surface area contributed by atoms with E-state index in [1.165, 1.54) is 0 Å². The minimum Gasteiger partial charge on any atom is -0.467 e. The Morgan fingerprint density at radius 1 is 0.610 bits per heavy atom. The lowest BCUT2D eigenvalue weighted by molar-refractivity contribution is -0.115. The van der Waals surface area contributed by atoms with Crippen LogP contribution in [0.5, 0.6) is 0 Å². The summed E-state index contributed by atoms with van der Waals surface area (Å²) >= 11 is 0. The summed E-state index contributed by atoms with van der Waals surface area (Å²) in [4.78, 5) is 14.6. The maximum atomic E-state index is 14.6. The number of benzene rings is 4. The molecule has 0 fully saturated rings. The van der Waals surface area contributed by atoms with Crippen LogP contribution >= 0.6 is 0 Å². The molecule has 1 aromatic heterocycles. The van der Waals surface area contributed by atoms with Crippen LogP contribution in [0.25, 0.3) is 0 Å². The summed E-state index contributed by atoms with van der Waals surface area (Å²) in [7, 11) is 0. The van der Waals surface area contributed by atoms with Crippen molar-refractivity contribution in [3.8, 4) is 0 Å². The van der Waals surface area contributed by atoms with E-state index < -0.39 is 5.92 Å². The van der Waals surface area contributed by atoms with Gasteiger partial charge in [0, 0.05) is 22.8 Å². The molecule has 0 aliphatic heterocycles. The van der Waals surface area contributed by atoms with E-state index in [4.69, 9.17) is 4.42 Å². The number of ketones is 1. The normalized spacial score (nSPS) is 13.9. The number of rotatable bonds is 10. The maximum Gasteiger partial charge on any atom is 0.175 e. The van der Waals surface area contributed by atoms with Gasteiger partial charge >= 0.3 is 0 Å². The van der Waals surface area contributed by atoms with Crippen molar-refractivity contribution in [3.05, 3.63) is 203 Å². The zero-order chi connectivity index (χ0) is 27.9. The Bertz CT molecular complexity index is 1590. The van der Waals surface area contributed by atoms with E-state index in [0.29, 0.717) is 12.1 Å². The van der Waals surface area contributed by atoms with Gasteiger partial charge in [0.05, 0.1) is 18.7 Å². The lowest BCUT2D eigenvalue weighted by atomic mass is 9.80. The summed E-state index contributed by atoms with van der Waals surface area (Å²) in [6.07, 6.45) is 7.68. The molecule has 1 aliphatic carbocycles. The van der Waals surface area contributed by atoms with Crippen molar-refractivity contribution in [1.29, 1.82) is 0 Å². The molecule has 200 valence electrons. The molecule has 0 amide bonds. The van der Waals surface area contributed by atoms with E-state index in [1.54, 1.807) is 6.26 Å². The highest BCUT2D eigenvalue weighted by atomic mass is 16.3. The van der Waals surface area contributed by atoms with Crippen LogP contribution in [0, 0.1) is 0 Å². The van der Waals surface area contributed by atoms with E-state index in [-0.39, 0.29) is 11.7 Å². The molecule has 1 heterocycles. The molecular weight excluding hydrogens is 502 g/mol. The highest BCUT2D eigenvalue weighted by Gasteiger charge is 2.31. The van der Waals surface area contributed by atoms with Crippen molar-refractivity contribution >= 4 is 5.78 Å². The summed E-state index contributed by atoms with van der Waals surface area (Å²) in [5.74, 6) is 0.359. The van der Waals surface area contributed by atoms with Gasteiger partial charge in [-0.3, -0.25) is 4.79 Å². The van der Waals surface area contributed by atoms with Gasteiger partial charge < -0.3 is 9.73 Å². The second kappa shape index (κ2) is 12.4. The number of allylic oxidation sites excluding steroid dienone is 6. The van der Waals surface area contributed by atoms with E-state index in [2.05, 4.69) is 59.9 Å². The molecule has 41 heavy (non-hydrogen) atoms. The van der Waals surface area contributed by atoms with Gasteiger partial charge in [-0.2, -0.15) is 0 Å². The summed E-state index contributed by atoms with van der Waals surface area (Å²) in [6.45, 7) is 0.498. The van der Waals surface area contributed by atoms with Crippen molar-refractivity contribution in [2.24, 2.45) is 0 Å². The van der Waals surface area contributed by atoms with Gasteiger partial charge in [0.1, 0.15) is 5.76 Å². The Labute approximate surface area is 241 Å². The first-order chi connectivity index (χ1) is 20.3.